The lowest BCUT2D eigenvalue weighted by Gasteiger charge is -1.95. The lowest BCUT2D eigenvalue weighted by Crippen LogP contribution is -2.01. The molecule has 1 N–H and O–H groups in total. The third-order valence-corrected chi connectivity index (χ3v) is 2.08. The molecule has 1 aliphatic rings. The molecule has 2 rings (SSSR count). The first kappa shape index (κ1) is 7.28. The summed E-state index contributed by atoms with van der Waals surface area (Å²) >= 11 is 0. The lowest BCUT2D eigenvalue weighted by molar-refractivity contribution is 0.102. The van der Waals surface area contributed by atoms with E-state index in [2.05, 4.69) is 10.2 Å². The fraction of sp³-hybridized carbons (Fsp3) is 0.333. The van der Waals surface area contributed by atoms with Crippen LogP contribution in [-0.4, -0.2) is 16.0 Å². The Labute approximate surface area is 70.5 Å². The number of nitrogens with zero attached hydrogens (tertiary/aromatic N) is 1. The zero-order valence-electron chi connectivity index (χ0n) is 6.71. The van der Waals surface area contributed by atoms with Gasteiger partial charge in [-0.2, -0.15) is 5.10 Å². The first-order chi connectivity index (χ1) is 5.88. The normalized spacial score (nSPS) is 16.2. The van der Waals surface area contributed by atoms with E-state index >= 15 is 0 Å². The molecule has 0 radical (unpaired) electrons. The van der Waals surface area contributed by atoms with Crippen LogP contribution < -0.4 is 0 Å². The number of carbonyl (C=O) groups is 1. The van der Waals surface area contributed by atoms with Crippen LogP contribution in [0.5, 0.6) is 0 Å². The van der Waals surface area contributed by atoms with E-state index in [1.165, 1.54) is 0 Å². The Morgan fingerprint density at radius 2 is 2.50 bits per heavy atom. The van der Waals surface area contributed by atoms with Gasteiger partial charge in [0, 0.05) is 6.20 Å². The predicted molar refractivity (Wildman–Crippen MR) is 44.9 cm³/mol. The minimum Gasteiger partial charge on any atom is -0.287 e. The third kappa shape index (κ3) is 1.18. The number of allylic oxidation sites excluding steroid dienone is 2. The van der Waals surface area contributed by atoms with E-state index in [1.807, 2.05) is 6.08 Å². The van der Waals surface area contributed by atoms with Crippen molar-refractivity contribution in [1.29, 1.82) is 0 Å². The van der Waals surface area contributed by atoms with Gasteiger partial charge in [-0.3, -0.25) is 9.89 Å². The van der Waals surface area contributed by atoms with Crippen molar-refractivity contribution in [2.75, 3.05) is 0 Å². The van der Waals surface area contributed by atoms with Gasteiger partial charge in [0.15, 0.2) is 0 Å². The maximum Gasteiger partial charge on any atom is 0.206 e. The van der Waals surface area contributed by atoms with Crippen LogP contribution in [0, 0.1) is 0 Å². The average molecular weight is 162 g/mol. The molecule has 0 saturated heterocycles. The summed E-state index contributed by atoms with van der Waals surface area (Å²) in [4.78, 5) is 11.6. The highest BCUT2D eigenvalue weighted by molar-refractivity contribution is 6.07. The van der Waals surface area contributed by atoms with Crippen LogP contribution in [0.15, 0.2) is 23.9 Å². The molecule has 0 fully saturated rings. The van der Waals surface area contributed by atoms with Crippen LogP contribution in [-0.2, 0) is 0 Å². The van der Waals surface area contributed by atoms with Crippen molar-refractivity contribution < 1.29 is 4.79 Å². The number of rotatable bonds is 2. The molecule has 12 heavy (non-hydrogen) atoms. The fourth-order valence-electron chi connectivity index (χ4n) is 1.43. The second-order valence-electron chi connectivity index (χ2n) is 2.92. The molecule has 1 heterocycles. The molecule has 0 aliphatic heterocycles. The van der Waals surface area contributed by atoms with Crippen molar-refractivity contribution in [3.8, 4) is 0 Å². The van der Waals surface area contributed by atoms with Gasteiger partial charge < -0.3 is 0 Å². The quantitative estimate of drug-likeness (QED) is 0.673. The summed E-state index contributed by atoms with van der Waals surface area (Å²) in [6.45, 7) is 0. The molecule has 1 aromatic heterocycles. The van der Waals surface area contributed by atoms with Crippen LogP contribution in [0.4, 0.5) is 0 Å². The molecule has 3 nitrogen and oxygen atoms in total. The van der Waals surface area contributed by atoms with Gasteiger partial charge in [-0.25, -0.2) is 0 Å². The van der Waals surface area contributed by atoms with E-state index in [0.29, 0.717) is 5.69 Å². The Kier molecular flexibility index (Phi) is 1.78. The summed E-state index contributed by atoms with van der Waals surface area (Å²) in [6.07, 6.45) is 6.67. The van der Waals surface area contributed by atoms with Gasteiger partial charge in [0.25, 0.3) is 0 Å². The smallest absolute Gasteiger partial charge is 0.206 e. The molecule has 0 unspecified atom stereocenters. The van der Waals surface area contributed by atoms with Crippen molar-refractivity contribution in [3.63, 3.8) is 0 Å². The van der Waals surface area contributed by atoms with E-state index < -0.39 is 0 Å². The molecule has 0 atom stereocenters. The van der Waals surface area contributed by atoms with Crippen LogP contribution in [0.25, 0.3) is 0 Å². The number of aromatic nitrogens is 2. The molecule has 62 valence electrons. The molecule has 0 amide bonds. The summed E-state index contributed by atoms with van der Waals surface area (Å²) in [5.41, 5.74) is 1.53. The van der Waals surface area contributed by atoms with E-state index in [9.17, 15) is 4.79 Å². The highest BCUT2D eigenvalue weighted by atomic mass is 16.1. The van der Waals surface area contributed by atoms with Gasteiger partial charge >= 0.3 is 0 Å². The lowest BCUT2D eigenvalue weighted by atomic mass is 10.1. The van der Waals surface area contributed by atoms with Gasteiger partial charge in [-0.15, -0.1) is 0 Å². The molecule has 1 aromatic rings. The zero-order chi connectivity index (χ0) is 8.39. The number of carbonyl (C=O) groups excluding carboxylic acids is 1. The number of Topliss-reactive ketones (excluding diaryl/α,β-unsaturated/α-hetero) is 1. The second kappa shape index (κ2) is 2.93. The van der Waals surface area contributed by atoms with Crippen molar-refractivity contribution in [3.05, 3.63) is 29.6 Å². The van der Waals surface area contributed by atoms with Crippen molar-refractivity contribution >= 4 is 5.78 Å². The van der Waals surface area contributed by atoms with E-state index in [1.54, 1.807) is 12.3 Å². The molecule has 3 heteroatoms. The minimum absolute atomic E-state index is 0.102. The molecule has 0 bridgehead atoms. The van der Waals surface area contributed by atoms with Crippen molar-refractivity contribution in [2.45, 2.75) is 19.3 Å². The molecular weight excluding hydrogens is 152 g/mol. The summed E-state index contributed by atoms with van der Waals surface area (Å²) in [7, 11) is 0. The Balaban J connectivity index is 2.20. The summed E-state index contributed by atoms with van der Waals surface area (Å²) < 4.78 is 0. The second-order valence-corrected chi connectivity index (χ2v) is 2.92. The van der Waals surface area contributed by atoms with E-state index in [4.69, 9.17) is 0 Å². The summed E-state index contributed by atoms with van der Waals surface area (Å²) in [5.74, 6) is 0.102. The first-order valence-corrected chi connectivity index (χ1v) is 4.11. The highest BCUT2D eigenvalue weighted by Crippen LogP contribution is 2.20. The van der Waals surface area contributed by atoms with Crippen molar-refractivity contribution in [1.82, 2.24) is 10.2 Å². The number of H-pyrrole nitrogens is 1. The molecule has 0 spiro atoms. The first-order valence-electron chi connectivity index (χ1n) is 4.11. The summed E-state index contributed by atoms with van der Waals surface area (Å²) in [6, 6.07) is 1.71. The van der Waals surface area contributed by atoms with Crippen LogP contribution >= 0.6 is 0 Å². The fourth-order valence-corrected chi connectivity index (χ4v) is 1.43. The van der Waals surface area contributed by atoms with E-state index in [0.717, 1.165) is 24.8 Å². The molecule has 0 saturated carbocycles. The Morgan fingerprint density at radius 1 is 1.58 bits per heavy atom. The largest absolute Gasteiger partial charge is 0.287 e. The molecule has 0 aromatic carbocycles. The number of nitrogens with one attached hydrogen (secondary N) is 1. The Bertz CT molecular complexity index is 311. The van der Waals surface area contributed by atoms with Crippen LogP contribution in [0.1, 0.15) is 29.8 Å². The average Bonchev–Trinajstić information content (AvgIpc) is 2.77. The van der Waals surface area contributed by atoms with Crippen molar-refractivity contribution in [2.24, 2.45) is 0 Å². The SMILES string of the molecule is O=C(C1=CCCC1)c1ccn[nH]1. The van der Waals surface area contributed by atoms with Gasteiger partial charge in [0.2, 0.25) is 5.78 Å². The summed E-state index contributed by atoms with van der Waals surface area (Å²) in [5, 5.41) is 6.42. The van der Waals surface area contributed by atoms with Crippen LogP contribution in [0.3, 0.4) is 0 Å². The molecule has 1 aliphatic carbocycles. The van der Waals surface area contributed by atoms with E-state index in [-0.39, 0.29) is 5.78 Å². The minimum atomic E-state index is 0.102. The van der Waals surface area contributed by atoms with Crippen LogP contribution in [0.2, 0.25) is 0 Å². The van der Waals surface area contributed by atoms with Gasteiger partial charge in [0.1, 0.15) is 5.69 Å². The zero-order valence-corrected chi connectivity index (χ0v) is 6.71. The highest BCUT2D eigenvalue weighted by Gasteiger charge is 2.15. The number of ketones is 1. The Morgan fingerprint density at radius 3 is 3.08 bits per heavy atom. The van der Waals surface area contributed by atoms with Gasteiger partial charge in [-0.05, 0) is 30.9 Å². The number of hydrogen-bond donors (Lipinski definition) is 1. The van der Waals surface area contributed by atoms with Gasteiger partial charge in [-0.1, -0.05) is 6.08 Å². The maximum atomic E-state index is 11.6. The van der Waals surface area contributed by atoms with Gasteiger partial charge in [0.05, 0.1) is 0 Å². The predicted octanol–water partition coefficient (Wildman–Crippen LogP) is 1.70. The number of hydrogen-bond acceptors (Lipinski definition) is 2. The molecular formula is C9H10N2O. The standard InChI is InChI=1S/C9H10N2O/c12-9(7-3-1-2-4-7)8-5-6-10-11-8/h3,5-6H,1-2,4H2,(H,10,11). The Hall–Kier alpha value is -1.38. The maximum absolute atomic E-state index is 11.6. The third-order valence-electron chi connectivity index (χ3n) is 2.08. The topological polar surface area (TPSA) is 45.8 Å². The number of aromatic amines is 1. The monoisotopic (exact) mass is 162 g/mol.